The highest BCUT2D eigenvalue weighted by molar-refractivity contribution is 5.61. The number of anilines is 1. The molecule has 20 heavy (non-hydrogen) atoms. The van der Waals surface area contributed by atoms with Crippen LogP contribution in [0.2, 0.25) is 0 Å². The Morgan fingerprint density at radius 1 is 1.30 bits per heavy atom. The topological polar surface area (TPSA) is 21.3 Å². The minimum absolute atomic E-state index is 0.0143. The van der Waals surface area contributed by atoms with E-state index >= 15 is 0 Å². The molecular formula is C15H18F3NO. The molecule has 2 atom stereocenters. The summed E-state index contributed by atoms with van der Waals surface area (Å²) in [5.74, 6) is 0.522. The Hall–Kier alpha value is -1.39. The van der Waals surface area contributed by atoms with Gasteiger partial charge in [-0.05, 0) is 31.0 Å². The Bertz CT molecular complexity index is 524. The van der Waals surface area contributed by atoms with Crippen molar-refractivity contribution in [2.75, 3.05) is 5.32 Å². The molecule has 1 N–H and O–H groups in total. The molecule has 110 valence electrons. The van der Waals surface area contributed by atoms with Gasteiger partial charge in [-0.1, -0.05) is 20.3 Å². The number of rotatable bonds is 0. The monoisotopic (exact) mass is 285 g/mol. The predicted molar refractivity (Wildman–Crippen MR) is 70.9 cm³/mol. The summed E-state index contributed by atoms with van der Waals surface area (Å²) >= 11 is 0. The Kier molecular flexibility index (Phi) is 2.92. The molecule has 2 aliphatic rings. The van der Waals surface area contributed by atoms with Gasteiger partial charge in [0, 0.05) is 5.41 Å². The number of hydrogen-bond acceptors (Lipinski definition) is 2. The maximum absolute atomic E-state index is 12.7. The quantitative estimate of drug-likeness (QED) is 0.760. The van der Waals surface area contributed by atoms with Gasteiger partial charge in [0.25, 0.3) is 0 Å². The lowest BCUT2D eigenvalue weighted by Gasteiger charge is -2.47. The van der Waals surface area contributed by atoms with E-state index in [0.29, 0.717) is 11.4 Å². The van der Waals surface area contributed by atoms with Crippen LogP contribution in [-0.2, 0) is 6.18 Å². The van der Waals surface area contributed by atoms with Crippen molar-refractivity contribution in [1.29, 1.82) is 0 Å². The Balaban J connectivity index is 1.94. The van der Waals surface area contributed by atoms with Crippen molar-refractivity contribution in [3.8, 4) is 5.75 Å². The molecule has 2 nitrogen and oxygen atoms in total. The fourth-order valence-corrected chi connectivity index (χ4v) is 3.26. The first-order valence-electron chi connectivity index (χ1n) is 6.92. The van der Waals surface area contributed by atoms with E-state index in [0.717, 1.165) is 31.4 Å². The third kappa shape index (κ3) is 2.23. The summed E-state index contributed by atoms with van der Waals surface area (Å²) in [5, 5.41) is 3.24. The van der Waals surface area contributed by atoms with Crippen LogP contribution < -0.4 is 10.1 Å². The highest BCUT2D eigenvalue weighted by Gasteiger charge is 2.44. The van der Waals surface area contributed by atoms with Crippen molar-refractivity contribution >= 4 is 5.69 Å². The van der Waals surface area contributed by atoms with Gasteiger partial charge in [0.2, 0.25) is 0 Å². The number of hydrogen-bond donors (Lipinski definition) is 1. The molecule has 1 fully saturated rings. The smallest absolute Gasteiger partial charge is 0.416 e. The molecule has 0 aromatic heterocycles. The first-order valence-corrected chi connectivity index (χ1v) is 6.92. The van der Waals surface area contributed by atoms with Gasteiger partial charge in [0.15, 0.2) is 0 Å². The van der Waals surface area contributed by atoms with Gasteiger partial charge >= 0.3 is 6.18 Å². The molecule has 0 spiro atoms. The lowest BCUT2D eigenvalue weighted by atomic mass is 9.72. The number of fused-ring (bicyclic) bond motifs is 2. The largest absolute Gasteiger partial charge is 0.486 e. The number of alkyl halides is 3. The van der Waals surface area contributed by atoms with Crippen LogP contribution in [0.1, 0.15) is 38.7 Å². The zero-order chi connectivity index (χ0) is 14.5. The average Bonchev–Trinajstić information content (AvgIpc) is 2.35. The highest BCUT2D eigenvalue weighted by atomic mass is 19.4. The van der Waals surface area contributed by atoms with Crippen molar-refractivity contribution in [3.05, 3.63) is 23.8 Å². The fourth-order valence-electron chi connectivity index (χ4n) is 3.26. The molecule has 0 bridgehead atoms. The second-order valence-corrected chi connectivity index (χ2v) is 6.38. The van der Waals surface area contributed by atoms with E-state index in [4.69, 9.17) is 4.74 Å². The standard InChI is InChI=1S/C15H18F3NO/c1-14(2)7-3-4-10-13(14)20-12-6-5-9(15(16,17)18)8-11(12)19-10/h5-6,8,10,13,19H,3-4,7H2,1-2H3. The van der Waals surface area contributed by atoms with Gasteiger partial charge < -0.3 is 10.1 Å². The summed E-state index contributed by atoms with van der Waals surface area (Å²) in [6.07, 6.45) is -1.23. The molecule has 1 heterocycles. The van der Waals surface area contributed by atoms with E-state index < -0.39 is 11.7 Å². The van der Waals surface area contributed by atoms with E-state index in [1.54, 1.807) is 0 Å². The third-order valence-electron chi connectivity index (χ3n) is 4.37. The highest BCUT2D eigenvalue weighted by Crippen LogP contribution is 2.45. The van der Waals surface area contributed by atoms with E-state index in [1.165, 1.54) is 6.07 Å². The minimum atomic E-state index is -4.32. The maximum atomic E-state index is 12.7. The fraction of sp³-hybridized carbons (Fsp3) is 0.600. The van der Waals surface area contributed by atoms with Gasteiger partial charge in [-0.3, -0.25) is 0 Å². The predicted octanol–water partition coefficient (Wildman–Crippen LogP) is 4.46. The number of benzene rings is 1. The summed E-state index contributed by atoms with van der Waals surface area (Å²) in [6, 6.07) is 3.74. The van der Waals surface area contributed by atoms with Crippen LogP contribution in [0.25, 0.3) is 0 Å². The Labute approximate surface area is 116 Å². The molecule has 1 aromatic carbocycles. The van der Waals surface area contributed by atoms with Crippen LogP contribution in [-0.4, -0.2) is 12.1 Å². The van der Waals surface area contributed by atoms with Gasteiger partial charge in [-0.15, -0.1) is 0 Å². The van der Waals surface area contributed by atoms with Crippen LogP contribution in [0.15, 0.2) is 18.2 Å². The molecule has 0 amide bonds. The maximum Gasteiger partial charge on any atom is 0.416 e. The Morgan fingerprint density at radius 2 is 2.05 bits per heavy atom. The van der Waals surface area contributed by atoms with Crippen molar-refractivity contribution in [3.63, 3.8) is 0 Å². The van der Waals surface area contributed by atoms with Crippen LogP contribution in [0.5, 0.6) is 5.75 Å². The zero-order valence-electron chi connectivity index (χ0n) is 11.6. The third-order valence-corrected chi connectivity index (χ3v) is 4.37. The SMILES string of the molecule is CC1(C)CCCC2Nc3cc(C(F)(F)F)ccc3OC21. The first kappa shape index (κ1) is 13.6. The van der Waals surface area contributed by atoms with E-state index in [-0.39, 0.29) is 17.6 Å². The van der Waals surface area contributed by atoms with E-state index in [2.05, 4.69) is 19.2 Å². The van der Waals surface area contributed by atoms with E-state index in [1.807, 2.05) is 0 Å². The molecule has 0 radical (unpaired) electrons. The second-order valence-electron chi connectivity index (χ2n) is 6.38. The number of halogens is 3. The zero-order valence-corrected chi connectivity index (χ0v) is 11.6. The van der Waals surface area contributed by atoms with Crippen molar-refractivity contribution in [2.24, 2.45) is 5.41 Å². The number of nitrogens with one attached hydrogen (secondary N) is 1. The van der Waals surface area contributed by atoms with Gasteiger partial charge in [0.1, 0.15) is 11.9 Å². The molecule has 3 rings (SSSR count). The van der Waals surface area contributed by atoms with Crippen LogP contribution >= 0.6 is 0 Å². The Morgan fingerprint density at radius 3 is 2.75 bits per heavy atom. The molecule has 1 aliphatic heterocycles. The normalized spacial score (nSPS) is 27.9. The summed E-state index contributed by atoms with van der Waals surface area (Å²) in [4.78, 5) is 0. The second kappa shape index (κ2) is 4.30. The van der Waals surface area contributed by atoms with Gasteiger partial charge in [0.05, 0.1) is 17.3 Å². The van der Waals surface area contributed by atoms with Crippen molar-refractivity contribution in [2.45, 2.75) is 51.4 Å². The molecule has 0 saturated heterocycles. The van der Waals surface area contributed by atoms with E-state index in [9.17, 15) is 13.2 Å². The first-order chi connectivity index (χ1) is 9.27. The minimum Gasteiger partial charge on any atom is -0.486 e. The summed E-state index contributed by atoms with van der Waals surface area (Å²) in [7, 11) is 0. The van der Waals surface area contributed by atoms with Crippen LogP contribution in [0, 0.1) is 5.41 Å². The van der Waals surface area contributed by atoms with Crippen LogP contribution in [0.3, 0.4) is 0 Å². The van der Waals surface area contributed by atoms with Crippen molar-refractivity contribution < 1.29 is 17.9 Å². The molecule has 1 aromatic rings. The van der Waals surface area contributed by atoms with Crippen molar-refractivity contribution in [1.82, 2.24) is 0 Å². The summed E-state index contributed by atoms with van der Waals surface area (Å²) in [5.41, 5.74) is -0.143. The summed E-state index contributed by atoms with van der Waals surface area (Å²) in [6.45, 7) is 4.31. The molecule has 2 unspecified atom stereocenters. The number of ether oxygens (including phenoxy) is 1. The average molecular weight is 285 g/mol. The molecule has 5 heteroatoms. The lowest BCUT2D eigenvalue weighted by Crippen LogP contribution is -2.52. The van der Waals surface area contributed by atoms with Gasteiger partial charge in [-0.25, -0.2) is 0 Å². The lowest BCUT2D eigenvalue weighted by molar-refractivity contribution is -0.137. The molecule has 1 aliphatic carbocycles. The van der Waals surface area contributed by atoms with Crippen LogP contribution in [0.4, 0.5) is 18.9 Å². The summed E-state index contributed by atoms with van der Waals surface area (Å²) < 4.78 is 44.2. The molecule has 1 saturated carbocycles. The molecular weight excluding hydrogens is 267 g/mol. The van der Waals surface area contributed by atoms with Gasteiger partial charge in [-0.2, -0.15) is 13.2 Å².